The normalized spacial score (nSPS) is 22.4. The van der Waals surface area contributed by atoms with Gasteiger partial charge in [0.25, 0.3) is 5.91 Å². The average Bonchev–Trinajstić information content (AvgIpc) is 2.97. The molecule has 5 rings (SSSR count). The summed E-state index contributed by atoms with van der Waals surface area (Å²) in [5, 5.41) is 0. The quantitative estimate of drug-likeness (QED) is 0.558. The zero-order valence-electron chi connectivity index (χ0n) is 22.6. The first kappa shape index (κ1) is 26.1. The van der Waals surface area contributed by atoms with Crippen molar-refractivity contribution in [3.8, 4) is 0 Å². The van der Waals surface area contributed by atoms with Gasteiger partial charge >= 0.3 is 0 Å². The first-order chi connectivity index (χ1) is 18.1. The number of anilines is 1. The minimum Gasteiger partial charge on any atom is -0.381 e. The fourth-order valence-electron chi connectivity index (χ4n) is 6.53. The third-order valence-corrected chi connectivity index (χ3v) is 8.90. The van der Waals surface area contributed by atoms with Crippen molar-refractivity contribution < 1.29 is 9.53 Å². The van der Waals surface area contributed by atoms with Crippen LogP contribution in [0.1, 0.15) is 66.7 Å². The number of aryl methyl sites for hydroxylation is 1. The molecule has 1 aromatic carbocycles. The van der Waals surface area contributed by atoms with Gasteiger partial charge in [-0.2, -0.15) is 0 Å². The number of benzene rings is 1. The standard InChI is InChI=1S/C30H43N5O2/c1-23-28(11-10-24-7-6-16-35(21-24)25-8-4-3-5-9-25)31-22-32-29(23)30(36)34-17-12-26(13-18-34)33-19-14-27(37-2)15-20-33/h3-5,8-9,22,24,26-27H,6-7,10-21H2,1-2H3. The van der Waals surface area contributed by atoms with Gasteiger partial charge in [0.15, 0.2) is 0 Å². The Morgan fingerprint density at radius 3 is 2.46 bits per heavy atom. The minimum atomic E-state index is 0.0746. The summed E-state index contributed by atoms with van der Waals surface area (Å²) >= 11 is 0. The SMILES string of the molecule is COC1CCN(C2CCN(C(=O)c3ncnc(CCC4CCCN(c5ccccc5)C4)c3C)CC2)CC1. The second-order valence-corrected chi connectivity index (χ2v) is 11.1. The zero-order chi connectivity index (χ0) is 25.6. The van der Waals surface area contributed by atoms with Gasteiger partial charge in [-0.25, -0.2) is 9.97 Å². The Bertz CT molecular complexity index is 1020. The Morgan fingerprint density at radius 2 is 1.73 bits per heavy atom. The van der Waals surface area contributed by atoms with Crippen LogP contribution in [0.2, 0.25) is 0 Å². The molecule has 3 aliphatic rings. The number of ether oxygens (including phenoxy) is 1. The van der Waals surface area contributed by atoms with Gasteiger partial charge in [0.2, 0.25) is 0 Å². The number of nitrogens with zero attached hydrogens (tertiary/aromatic N) is 5. The van der Waals surface area contributed by atoms with Gasteiger partial charge in [-0.3, -0.25) is 4.79 Å². The molecule has 200 valence electrons. The largest absolute Gasteiger partial charge is 0.381 e. The van der Waals surface area contributed by atoms with Gasteiger partial charge < -0.3 is 19.4 Å². The smallest absolute Gasteiger partial charge is 0.272 e. The fraction of sp³-hybridized carbons (Fsp3) is 0.633. The summed E-state index contributed by atoms with van der Waals surface area (Å²) in [4.78, 5) is 29.6. The molecule has 0 saturated carbocycles. The van der Waals surface area contributed by atoms with Gasteiger partial charge in [-0.05, 0) is 76.3 Å². The highest BCUT2D eigenvalue weighted by Gasteiger charge is 2.31. The lowest BCUT2D eigenvalue weighted by atomic mass is 9.91. The van der Waals surface area contributed by atoms with Crippen molar-refractivity contribution in [2.24, 2.45) is 5.92 Å². The summed E-state index contributed by atoms with van der Waals surface area (Å²) in [7, 11) is 1.82. The van der Waals surface area contributed by atoms with Crippen LogP contribution in [0, 0.1) is 12.8 Å². The van der Waals surface area contributed by atoms with Gasteiger partial charge in [0, 0.05) is 69.4 Å². The molecule has 0 aliphatic carbocycles. The zero-order valence-corrected chi connectivity index (χ0v) is 22.6. The van der Waals surface area contributed by atoms with E-state index in [0.29, 0.717) is 23.8 Å². The summed E-state index contributed by atoms with van der Waals surface area (Å²) in [6, 6.07) is 11.3. The second kappa shape index (κ2) is 12.4. The highest BCUT2D eigenvalue weighted by atomic mass is 16.5. The van der Waals surface area contributed by atoms with Crippen LogP contribution in [0.5, 0.6) is 0 Å². The van der Waals surface area contributed by atoms with Crippen LogP contribution in [0.4, 0.5) is 5.69 Å². The van der Waals surface area contributed by atoms with E-state index in [0.717, 1.165) is 89.1 Å². The van der Waals surface area contributed by atoms with Gasteiger partial charge in [0.1, 0.15) is 12.0 Å². The Labute approximate surface area is 222 Å². The number of likely N-dealkylation sites (tertiary alicyclic amines) is 2. The van der Waals surface area contributed by atoms with Crippen molar-refractivity contribution >= 4 is 11.6 Å². The van der Waals surface area contributed by atoms with Crippen LogP contribution in [0.15, 0.2) is 36.7 Å². The molecule has 7 heteroatoms. The molecule has 0 radical (unpaired) electrons. The summed E-state index contributed by atoms with van der Waals surface area (Å²) in [6.07, 6.45) is 10.8. The van der Waals surface area contributed by atoms with Crippen LogP contribution < -0.4 is 4.90 Å². The van der Waals surface area contributed by atoms with E-state index in [1.807, 2.05) is 18.9 Å². The van der Waals surface area contributed by atoms with Crippen molar-refractivity contribution in [1.82, 2.24) is 19.8 Å². The van der Waals surface area contributed by atoms with Crippen molar-refractivity contribution in [3.05, 3.63) is 53.6 Å². The van der Waals surface area contributed by atoms with E-state index < -0.39 is 0 Å². The number of hydrogen-bond acceptors (Lipinski definition) is 6. The molecular weight excluding hydrogens is 462 g/mol. The molecule has 1 amide bonds. The number of amides is 1. The van der Waals surface area contributed by atoms with Crippen LogP contribution in [-0.2, 0) is 11.2 Å². The first-order valence-electron chi connectivity index (χ1n) is 14.3. The maximum absolute atomic E-state index is 13.4. The summed E-state index contributed by atoms with van der Waals surface area (Å²) in [6.45, 7) is 8.09. The van der Waals surface area contributed by atoms with Gasteiger partial charge in [-0.15, -0.1) is 0 Å². The van der Waals surface area contributed by atoms with Crippen molar-refractivity contribution in [3.63, 3.8) is 0 Å². The predicted molar refractivity (Wildman–Crippen MR) is 147 cm³/mol. The summed E-state index contributed by atoms with van der Waals surface area (Å²) in [5.74, 6) is 0.723. The van der Waals surface area contributed by atoms with E-state index in [1.54, 1.807) is 6.33 Å². The highest BCUT2D eigenvalue weighted by Crippen LogP contribution is 2.27. The monoisotopic (exact) mass is 505 g/mol. The van der Waals surface area contributed by atoms with E-state index in [9.17, 15) is 4.79 Å². The lowest BCUT2D eigenvalue weighted by Gasteiger charge is -2.41. The first-order valence-corrected chi connectivity index (χ1v) is 14.3. The molecule has 1 atom stereocenters. The lowest BCUT2D eigenvalue weighted by Crippen LogP contribution is -2.49. The minimum absolute atomic E-state index is 0.0746. The summed E-state index contributed by atoms with van der Waals surface area (Å²) in [5.41, 5.74) is 3.92. The van der Waals surface area contributed by atoms with Gasteiger partial charge in [0.05, 0.1) is 6.10 Å². The van der Waals surface area contributed by atoms with Crippen molar-refractivity contribution in [2.45, 2.75) is 70.4 Å². The molecule has 37 heavy (non-hydrogen) atoms. The van der Waals surface area contributed by atoms with Gasteiger partial charge in [-0.1, -0.05) is 18.2 Å². The molecule has 0 bridgehead atoms. The van der Waals surface area contributed by atoms with Crippen LogP contribution >= 0.6 is 0 Å². The average molecular weight is 506 g/mol. The van der Waals surface area contributed by atoms with E-state index in [4.69, 9.17) is 4.74 Å². The molecule has 1 unspecified atom stereocenters. The van der Waals surface area contributed by atoms with Crippen molar-refractivity contribution in [1.29, 1.82) is 0 Å². The molecule has 3 fully saturated rings. The molecule has 4 heterocycles. The molecule has 1 aromatic heterocycles. The van der Waals surface area contributed by atoms with E-state index in [2.05, 4.69) is 50.1 Å². The number of hydrogen-bond donors (Lipinski definition) is 0. The number of aromatic nitrogens is 2. The van der Waals surface area contributed by atoms with E-state index in [1.165, 1.54) is 18.5 Å². The van der Waals surface area contributed by atoms with Crippen LogP contribution in [-0.4, -0.2) is 84.2 Å². The number of para-hydroxylation sites is 1. The number of piperidine rings is 3. The molecular formula is C30H43N5O2. The lowest BCUT2D eigenvalue weighted by molar-refractivity contribution is 0.0144. The topological polar surface area (TPSA) is 61.8 Å². The maximum Gasteiger partial charge on any atom is 0.272 e. The Hall–Kier alpha value is -2.51. The Kier molecular flexibility index (Phi) is 8.72. The van der Waals surface area contributed by atoms with Crippen molar-refractivity contribution in [2.75, 3.05) is 51.3 Å². The van der Waals surface area contributed by atoms with Crippen LogP contribution in [0.3, 0.4) is 0 Å². The number of carbonyl (C=O) groups excluding carboxylic acids is 1. The second-order valence-electron chi connectivity index (χ2n) is 11.1. The number of carbonyl (C=O) groups is 1. The third kappa shape index (κ3) is 6.32. The highest BCUT2D eigenvalue weighted by molar-refractivity contribution is 5.93. The molecule has 2 aromatic rings. The van der Waals surface area contributed by atoms with E-state index >= 15 is 0 Å². The Morgan fingerprint density at radius 1 is 0.973 bits per heavy atom. The van der Waals surface area contributed by atoms with Crippen LogP contribution in [0.25, 0.3) is 0 Å². The molecule has 3 aliphatic heterocycles. The number of methoxy groups -OCH3 is 1. The fourth-order valence-corrected chi connectivity index (χ4v) is 6.53. The molecule has 7 nitrogen and oxygen atoms in total. The summed E-state index contributed by atoms with van der Waals surface area (Å²) < 4.78 is 5.53. The molecule has 3 saturated heterocycles. The Balaban J connectivity index is 1.14. The van der Waals surface area contributed by atoms with E-state index in [-0.39, 0.29) is 5.91 Å². The predicted octanol–water partition coefficient (Wildman–Crippen LogP) is 4.35. The molecule has 0 spiro atoms. The molecule has 0 N–H and O–H groups in total. The number of rotatable bonds is 7. The maximum atomic E-state index is 13.4. The third-order valence-electron chi connectivity index (χ3n) is 8.90.